The summed E-state index contributed by atoms with van der Waals surface area (Å²) < 4.78 is 6.05. The van der Waals surface area contributed by atoms with E-state index >= 15 is 9.59 Å². The van der Waals surface area contributed by atoms with Crippen LogP contribution < -0.4 is 81.8 Å². The van der Waals surface area contributed by atoms with Crippen LogP contribution in [0.2, 0.25) is 0 Å². The van der Waals surface area contributed by atoms with Crippen molar-refractivity contribution >= 4 is 99.6 Å². The smallest absolute Gasteiger partial charge is 0.329 e. The van der Waals surface area contributed by atoms with Gasteiger partial charge >= 0.3 is 5.97 Å². The fourth-order valence-electron chi connectivity index (χ4n) is 12.5. The predicted octanol–water partition coefficient (Wildman–Crippen LogP) is -3.73. The van der Waals surface area contributed by atoms with Crippen molar-refractivity contribution < 1.29 is 86.9 Å². The molecule has 0 saturated carbocycles. The van der Waals surface area contributed by atoms with E-state index in [1.165, 1.54) is 14.1 Å². The number of fused-ring (bicyclic) bond motifs is 1. The van der Waals surface area contributed by atoms with E-state index in [2.05, 4.69) is 58.2 Å². The number of cyclic esters (lactones) is 1. The number of unbranched alkanes of at least 4 members (excludes halogenated alkanes) is 1. The maximum absolute atomic E-state index is 15.1. The third-order valence-electron chi connectivity index (χ3n) is 18.5. The molecule has 1 aliphatic heterocycles. The van der Waals surface area contributed by atoms with Gasteiger partial charge in [-0.3, -0.25) is 67.1 Å². The van der Waals surface area contributed by atoms with E-state index in [1.54, 1.807) is 88.5 Å². The quantitative estimate of drug-likeness (QED) is 0.0258. The van der Waals surface area contributed by atoms with E-state index in [-0.39, 0.29) is 95.7 Å². The molecule has 1 fully saturated rings. The number of ether oxygens (including phenoxy) is 1. The normalized spacial score (nSPS) is 24.1. The van der Waals surface area contributed by atoms with Gasteiger partial charge < -0.3 is 112 Å². The molecule has 1 aromatic heterocycles. The maximum atomic E-state index is 15.1. The summed E-state index contributed by atoms with van der Waals surface area (Å²) in [6, 6.07) is -2.33. The largest absolute Gasteiger partial charge is 0.460 e. The van der Waals surface area contributed by atoms with Crippen LogP contribution in [0.15, 0.2) is 60.8 Å². The Hall–Kier alpha value is -10.2. The van der Waals surface area contributed by atoms with Crippen LogP contribution in [0.5, 0.6) is 0 Å². The Bertz CT molecular complexity index is 3600. The minimum atomic E-state index is -1.92. The number of H-pyrrole nitrogens is 1. The van der Waals surface area contributed by atoms with E-state index < -0.39 is 206 Å². The molecule has 0 spiro atoms. The fraction of sp³-hybridized carbons (Fsp3) is 0.608. The van der Waals surface area contributed by atoms with Crippen LogP contribution in [0.25, 0.3) is 10.9 Å². The van der Waals surface area contributed by atoms with Gasteiger partial charge in [0.05, 0.1) is 39.0 Å². The Balaban J connectivity index is 1.90. The van der Waals surface area contributed by atoms with Gasteiger partial charge in [0.15, 0.2) is 0 Å². The van der Waals surface area contributed by atoms with Crippen molar-refractivity contribution in [2.75, 3.05) is 53.5 Å². The topological polar surface area (TPSA) is 578 Å². The number of aliphatic hydroxyl groups excluding tert-OH is 2. The van der Waals surface area contributed by atoms with Gasteiger partial charge in [0.2, 0.25) is 82.7 Å². The van der Waals surface area contributed by atoms with Crippen LogP contribution in [0.1, 0.15) is 143 Å². The Kier molecular flexibility index (Phi) is 39.4. The lowest BCUT2D eigenvalue weighted by molar-refractivity contribution is -0.162. The number of esters is 1. The van der Waals surface area contributed by atoms with Crippen molar-refractivity contribution in [2.45, 2.75) is 217 Å². The molecular formula is C74H116N18O18. The third kappa shape index (κ3) is 30.4. The monoisotopic (exact) mass is 1540 g/mol. The zero-order valence-electron chi connectivity index (χ0n) is 64.2. The number of hydrogen-bond donors (Lipinski definition) is 18. The summed E-state index contributed by atoms with van der Waals surface area (Å²) in [5.41, 5.74) is 30.7. The number of carbonyl (C=O) groups is 15. The lowest BCUT2D eigenvalue weighted by Gasteiger charge is -2.34. The van der Waals surface area contributed by atoms with E-state index in [1.807, 2.05) is 13.8 Å². The third-order valence-corrected chi connectivity index (χ3v) is 18.5. The first-order valence-electron chi connectivity index (χ1n) is 37.4. The summed E-state index contributed by atoms with van der Waals surface area (Å²) in [4.78, 5) is 219. The van der Waals surface area contributed by atoms with Crippen molar-refractivity contribution in [3.05, 3.63) is 71.9 Å². The summed E-state index contributed by atoms with van der Waals surface area (Å²) in [5.74, 6) is -16.2. The van der Waals surface area contributed by atoms with E-state index in [4.69, 9.17) is 33.4 Å². The summed E-state index contributed by atoms with van der Waals surface area (Å²) in [5, 5.41) is 46.6. The first kappa shape index (κ1) is 92.2. The molecule has 110 heavy (non-hydrogen) atoms. The number of nitrogens with one attached hydrogen (secondary N) is 11. The van der Waals surface area contributed by atoms with Crippen LogP contribution in [0.4, 0.5) is 0 Å². The lowest BCUT2D eigenvalue weighted by Crippen LogP contribution is -2.61. The highest BCUT2D eigenvalue weighted by atomic mass is 16.5. The number of likely N-dealkylation sites (N-methyl/N-ethyl adjacent to an activating group) is 2. The summed E-state index contributed by atoms with van der Waals surface area (Å²) in [6.07, 6.45) is -0.990. The number of aromatic nitrogens is 1. The number of amides is 14. The van der Waals surface area contributed by atoms with Gasteiger partial charge in [0, 0.05) is 44.0 Å². The number of nitrogens with zero attached hydrogens (tertiary/aromatic N) is 2. The molecule has 36 nitrogen and oxygen atoms in total. The highest BCUT2D eigenvalue weighted by Crippen LogP contribution is 2.23. The van der Waals surface area contributed by atoms with Gasteiger partial charge in [-0.05, 0) is 119 Å². The minimum absolute atomic E-state index is 0.0185. The van der Waals surface area contributed by atoms with Gasteiger partial charge in [0.25, 0.3) is 0 Å². The van der Waals surface area contributed by atoms with Crippen molar-refractivity contribution in [3.63, 3.8) is 0 Å². The maximum Gasteiger partial charge on any atom is 0.329 e. The first-order valence-corrected chi connectivity index (χ1v) is 37.4. The molecule has 1 aliphatic rings. The number of aliphatic hydroxyl groups is 2. The second-order valence-corrected chi connectivity index (χ2v) is 28.8. The lowest BCUT2D eigenvalue weighted by atomic mass is 9.99. The highest BCUT2D eigenvalue weighted by Gasteiger charge is 2.41. The number of rotatable bonds is 27. The fourth-order valence-corrected chi connectivity index (χ4v) is 12.5. The van der Waals surface area contributed by atoms with Crippen molar-refractivity contribution in [2.24, 2.45) is 46.4 Å². The molecule has 0 unspecified atom stereocenters. The summed E-state index contributed by atoms with van der Waals surface area (Å²) >= 11 is 0. The molecule has 2 aromatic carbocycles. The molecule has 23 N–H and O–H groups in total. The molecule has 1 saturated heterocycles. The SMILES string of the molecule is CC(C)CCC[C@@H]1CC(=O)N[C@@H](CO)C(=O)N[C@H](CC(N)=O)C(=O)N[C@@H](CO)C(=O)NCC(=O)N(C)[C@H](Cc2ccccc2)C(=O)N[C@@H](CC(C)C)C(=O)N[C@H](CCCN)C(=O)N[C@@H](CCCCN)C(=O)N[C@H](CC(N)=O)C(=O)N[C@H](Cc2c[nH]c3ccccc23)C(=O)N[C@H](CCCN)C(=O)N(C)[C@@H](C(C)C)C(=O)O1. The Morgan fingerprint density at radius 1 is 0.500 bits per heavy atom. The average Bonchev–Trinajstić information content (AvgIpc) is 1.61. The zero-order valence-corrected chi connectivity index (χ0v) is 64.2. The molecule has 0 bridgehead atoms. The number of hydrogen-bond acceptors (Lipinski definition) is 21. The van der Waals surface area contributed by atoms with Crippen molar-refractivity contribution in [1.29, 1.82) is 0 Å². The van der Waals surface area contributed by atoms with Gasteiger partial charge in [-0.25, -0.2) is 4.79 Å². The first-order chi connectivity index (χ1) is 52.2. The number of aromatic amines is 1. The predicted molar refractivity (Wildman–Crippen MR) is 404 cm³/mol. The molecule has 0 aliphatic carbocycles. The molecule has 14 amide bonds. The number of nitrogens with two attached hydrogens (primary N) is 5. The standard InChI is InChI=1S/C74H116N18O18/c1-41(2)19-16-22-46-34-61(97)82-57(40-94)71(106)88-55(36-60(79)96)70(105)90-56(39-93)64(99)81-38-62(98)91(7)58(32-44-20-10-9-11-21-44)72(107)89-52(31-42(3)4)67(102)84-50(26-17-29-76)65(100)83-49(25-14-15-28-75)66(101)87-54(35-59(78)95)69(104)86-53(33-45-37-80-48-24-13-12-23-47(45)48)68(103)85-51(27-18-30-77)73(108)92(8)63(43(5)6)74(109)110-46/h9-13,20-21,23-24,37,41-43,46,49-58,63,80,93-94H,14-19,22,25-36,38-40,75-77H2,1-8H3,(H2,78,95)(H2,79,96)(H,81,99)(H,82,97)(H,83,100)(H,84,102)(H,85,103)(H,86,104)(H,87,101)(H,88,106)(H,89,107)(H,90,105)/t46-,49+,50-,51-,52+,53-,54-,55-,56+,57+,58-,63+/m1/s1. The Morgan fingerprint density at radius 3 is 1.52 bits per heavy atom. The number of benzene rings is 2. The van der Waals surface area contributed by atoms with E-state index in [9.17, 15) is 72.5 Å². The molecule has 4 rings (SSSR count). The molecule has 36 heteroatoms. The van der Waals surface area contributed by atoms with E-state index in [0.29, 0.717) is 41.3 Å². The van der Waals surface area contributed by atoms with Gasteiger partial charge in [-0.2, -0.15) is 0 Å². The van der Waals surface area contributed by atoms with Crippen LogP contribution in [0.3, 0.4) is 0 Å². The van der Waals surface area contributed by atoms with E-state index in [0.717, 1.165) is 9.80 Å². The molecule has 2 heterocycles. The summed E-state index contributed by atoms with van der Waals surface area (Å²) in [6.45, 7) is 7.71. The number of carbonyl (C=O) groups excluding carboxylic acids is 15. The Labute approximate surface area is 640 Å². The molecule has 610 valence electrons. The van der Waals surface area contributed by atoms with Crippen molar-refractivity contribution in [3.8, 4) is 0 Å². The number of para-hydroxylation sites is 1. The molecule has 0 radical (unpaired) electrons. The van der Waals surface area contributed by atoms with Crippen LogP contribution in [-0.4, -0.2) is 240 Å². The van der Waals surface area contributed by atoms with Gasteiger partial charge in [-0.15, -0.1) is 0 Å². The van der Waals surface area contributed by atoms with Gasteiger partial charge in [-0.1, -0.05) is 96.5 Å². The molecule has 3 aromatic rings. The zero-order chi connectivity index (χ0) is 81.9. The summed E-state index contributed by atoms with van der Waals surface area (Å²) in [7, 11) is 2.54. The van der Waals surface area contributed by atoms with Crippen molar-refractivity contribution in [1.82, 2.24) is 68.0 Å². The molecule has 12 atom stereocenters. The highest BCUT2D eigenvalue weighted by molar-refractivity contribution is 6.01. The van der Waals surface area contributed by atoms with Crippen LogP contribution in [-0.2, 0) is 89.5 Å². The van der Waals surface area contributed by atoms with Crippen LogP contribution >= 0.6 is 0 Å². The van der Waals surface area contributed by atoms with Crippen LogP contribution in [0, 0.1) is 17.8 Å². The average molecular weight is 1550 g/mol. The second kappa shape index (κ2) is 47.0. The minimum Gasteiger partial charge on any atom is -0.460 e. The molecular weight excluding hydrogens is 1430 g/mol. The second-order valence-electron chi connectivity index (χ2n) is 28.8. The Morgan fingerprint density at radius 2 is 0.973 bits per heavy atom. The number of primary amides is 2. The van der Waals surface area contributed by atoms with Gasteiger partial charge in [0.1, 0.15) is 72.6 Å².